The fourth-order valence-electron chi connectivity index (χ4n) is 2.39. The maximum absolute atomic E-state index is 5.74. The Balaban J connectivity index is 2.20. The molecule has 1 N–H and O–H groups in total. The van der Waals surface area contributed by atoms with E-state index < -0.39 is 0 Å². The SMILES string of the molecule is CCCc1nc(C2(OC)CCC2)sc1CNCC. The molecule has 18 heavy (non-hydrogen) atoms. The number of methoxy groups -OCH3 is 1. The molecular weight excluding hydrogens is 244 g/mol. The van der Waals surface area contributed by atoms with Crippen LogP contribution in [0, 0.1) is 0 Å². The van der Waals surface area contributed by atoms with E-state index >= 15 is 0 Å². The molecule has 0 unspecified atom stereocenters. The maximum Gasteiger partial charge on any atom is 0.125 e. The third-order valence-corrected chi connectivity index (χ3v) is 5.03. The molecule has 0 aliphatic heterocycles. The monoisotopic (exact) mass is 268 g/mol. The summed E-state index contributed by atoms with van der Waals surface area (Å²) in [5.41, 5.74) is 1.22. The second-order valence-corrected chi connectivity index (χ2v) is 6.05. The molecule has 1 fully saturated rings. The largest absolute Gasteiger partial charge is 0.371 e. The van der Waals surface area contributed by atoms with Crippen molar-refractivity contribution in [3.63, 3.8) is 0 Å². The molecule has 102 valence electrons. The van der Waals surface area contributed by atoms with Gasteiger partial charge in [-0.1, -0.05) is 20.3 Å². The van der Waals surface area contributed by atoms with E-state index in [-0.39, 0.29) is 5.60 Å². The molecule has 1 aliphatic rings. The molecule has 1 saturated carbocycles. The molecule has 2 rings (SSSR count). The molecule has 1 heterocycles. The highest BCUT2D eigenvalue weighted by atomic mass is 32.1. The van der Waals surface area contributed by atoms with Crippen molar-refractivity contribution < 1.29 is 4.74 Å². The lowest BCUT2D eigenvalue weighted by molar-refractivity contribution is -0.0780. The van der Waals surface area contributed by atoms with Gasteiger partial charge in [0.2, 0.25) is 0 Å². The van der Waals surface area contributed by atoms with Crippen LogP contribution in [-0.4, -0.2) is 18.6 Å². The predicted molar refractivity (Wildman–Crippen MR) is 76.0 cm³/mol. The van der Waals surface area contributed by atoms with Crippen LogP contribution < -0.4 is 5.32 Å². The van der Waals surface area contributed by atoms with E-state index in [1.54, 1.807) is 0 Å². The fourth-order valence-corrected chi connectivity index (χ4v) is 3.69. The van der Waals surface area contributed by atoms with Gasteiger partial charge in [0.25, 0.3) is 0 Å². The third kappa shape index (κ3) is 2.60. The first kappa shape index (κ1) is 14.0. The second-order valence-electron chi connectivity index (χ2n) is 4.97. The van der Waals surface area contributed by atoms with Crippen LogP contribution in [0.5, 0.6) is 0 Å². The van der Waals surface area contributed by atoms with Crippen LogP contribution in [0.25, 0.3) is 0 Å². The highest BCUT2D eigenvalue weighted by molar-refractivity contribution is 7.11. The lowest BCUT2D eigenvalue weighted by Gasteiger charge is -2.38. The quantitative estimate of drug-likeness (QED) is 0.824. The number of nitrogens with one attached hydrogen (secondary N) is 1. The number of rotatable bonds is 7. The molecule has 0 spiro atoms. The summed E-state index contributed by atoms with van der Waals surface area (Å²) in [6.45, 7) is 6.31. The Bertz CT molecular complexity index is 380. The molecule has 1 aromatic rings. The van der Waals surface area contributed by atoms with E-state index in [1.165, 1.54) is 22.0 Å². The van der Waals surface area contributed by atoms with Crippen molar-refractivity contribution >= 4 is 11.3 Å². The highest BCUT2D eigenvalue weighted by Crippen LogP contribution is 2.46. The van der Waals surface area contributed by atoms with Crippen molar-refractivity contribution in [2.75, 3.05) is 13.7 Å². The van der Waals surface area contributed by atoms with Gasteiger partial charge in [-0.25, -0.2) is 4.98 Å². The first-order valence-corrected chi connectivity index (χ1v) is 7.82. The van der Waals surface area contributed by atoms with Gasteiger partial charge < -0.3 is 10.1 Å². The minimum atomic E-state index is -0.0579. The smallest absolute Gasteiger partial charge is 0.125 e. The number of thiazole rings is 1. The van der Waals surface area contributed by atoms with E-state index in [0.29, 0.717) is 0 Å². The van der Waals surface area contributed by atoms with E-state index in [0.717, 1.165) is 38.8 Å². The lowest BCUT2D eigenvalue weighted by Crippen LogP contribution is -2.35. The van der Waals surface area contributed by atoms with Crippen molar-refractivity contribution in [3.8, 4) is 0 Å². The fraction of sp³-hybridized carbons (Fsp3) is 0.786. The van der Waals surface area contributed by atoms with Crippen LogP contribution in [0.4, 0.5) is 0 Å². The number of aryl methyl sites for hydroxylation is 1. The van der Waals surface area contributed by atoms with Gasteiger partial charge in [0.05, 0.1) is 5.69 Å². The predicted octanol–water partition coefficient (Wildman–Crippen LogP) is 3.23. The first-order valence-electron chi connectivity index (χ1n) is 7.00. The van der Waals surface area contributed by atoms with Gasteiger partial charge in [-0.2, -0.15) is 0 Å². The van der Waals surface area contributed by atoms with Crippen molar-refractivity contribution in [3.05, 3.63) is 15.6 Å². The number of hydrogen-bond donors (Lipinski definition) is 1. The molecule has 1 aliphatic carbocycles. The summed E-state index contributed by atoms with van der Waals surface area (Å²) in [4.78, 5) is 6.27. The van der Waals surface area contributed by atoms with Gasteiger partial charge in [0.15, 0.2) is 0 Å². The van der Waals surface area contributed by atoms with E-state index in [1.807, 2.05) is 18.4 Å². The van der Waals surface area contributed by atoms with Gasteiger partial charge >= 0.3 is 0 Å². The van der Waals surface area contributed by atoms with Crippen LogP contribution >= 0.6 is 11.3 Å². The van der Waals surface area contributed by atoms with Crippen LogP contribution in [0.3, 0.4) is 0 Å². The first-order chi connectivity index (χ1) is 8.75. The normalized spacial score (nSPS) is 17.7. The molecule has 3 nitrogen and oxygen atoms in total. The van der Waals surface area contributed by atoms with Gasteiger partial charge in [-0.15, -0.1) is 11.3 Å². The van der Waals surface area contributed by atoms with Crippen molar-refractivity contribution in [1.82, 2.24) is 10.3 Å². The molecule has 0 bridgehead atoms. The van der Waals surface area contributed by atoms with Gasteiger partial charge in [-0.3, -0.25) is 0 Å². The third-order valence-electron chi connectivity index (χ3n) is 3.74. The molecule has 4 heteroatoms. The Hall–Kier alpha value is -0.450. The molecule has 1 aromatic heterocycles. The second kappa shape index (κ2) is 6.13. The van der Waals surface area contributed by atoms with Crippen LogP contribution in [0.15, 0.2) is 0 Å². The molecule has 0 aromatic carbocycles. The number of hydrogen-bond acceptors (Lipinski definition) is 4. The average Bonchev–Trinajstić information content (AvgIpc) is 2.70. The summed E-state index contributed by atoms with van der Waals surface area (Å²) in [6, 6.07) is 0. The Morgan fingerprint density at radius 3 is 2.67 bits per heavy atom. The zero-order chi connectivity index (χ0) is 13.0. The van der Waals surface area contributed by atoms with Crippen LogP contribution in [0.1, 0.15) is 55.1 Å². The van der Waals surface area contributed by atoms with Crippen LogP contribution in [-0.2, 0) is 23.3 Å². The van der Waals surface area contributed by atoms with Gasteiger partial charge in [0, 0.05) is 18.5 Å². The number of nitrogens with zero attached hydrogens (tertiary/aromatic N) is 1. The molecule has 0 radical (unpaired) electrons. The topological polar surface area (TPSA) is 34.1 Å². The Morgan fingerprint density at radius 2 is 2.17 bits per heavy atom. The van der Waals surface area contributed by atoms with Crippen molar-refractivity contribution in [1.29, 1.82) is 0 Å². The summed E-state index contributed by atoms with van der Waals surface area (Å²) in [7, 11) is 1.82. The zero-order valence-corrected chi connectivity index (χ0v) is 12.5. The summed E-state index contributed by atoms with van der Waals surface area (Å²) in [6.07, 6.45) is 5.75. The molecular formula is C14H24N2OS. The Labute approximate surface area is 114 Å². The zero-order valence-electron chi connectivity index (χ0n) is 11.7. The van der Waals surface area contributed by atoms with E-state index in [2.05, 4.69) is 19.2 Å². The summed E-state index contributed by atoms with van der Waals surface area (Å²) >= 11 is 1.85. The Morgan fingerprint density at radius 1 is 1.39 bits per heavy atom. The van der Waals surface area contributed by atoms with E-state index in [4.69, 9.17) is 9.72 Å². The highest BCUT2D eigenvalue weighted by Gasteiger charge is 2.42. The molecule has 0 atom stereocenters. The Kier molecular flexibility index (Phi) is 4.76. The minimum Gasteiger partial charge on any atom is -0.371 e. The standard InChI is InChI=1S/C14H24N2OS/c1-4-7-11-12(10-15-5-2)18-13(16-11)14(17-3)8-6-9-14/h15H,4-10H2,1-3H3. The summed E-state index contributed by atoms with van der Waals surface area (Å²) in [5.74, 6) is 0. The van der Waals surface area contributed by atoms with Crippen molar-refractivity contribution in [2.24, 2.45) is 0 Å². The van der Waals surface area contributed by atoms with E-state index in [9.17, 15) is 0 Å². The maximum atomic E-state index is 5.74. The molecule has 0 amide bonds. The van der Waals surface area contributed by atoms with Crippen molar-refractivity contribution in [2.45, 2.75) is 58.1 Å². The summed E-state index contributed by atoms with van der Waals surface area (Å²) in [5, 5.41) is 4.61. The molecule has 0 saturated heterocycles. The lowest BCUT2D eigenvalue weighted by atomic mass is 9.80. The summed E-state index contributed by atoms with van der Waals surface area (Å²) < 4.78 is 5.74. The van der Waals surface area contributed by atoms with Gasteiger partial charge in [-0.05, 0) is 32.2 Å². The number of ether oxygens (including phenoxy) is 1. The van der Waals surface area contributed by atoms with Gasteiger partial charge in [0.1, 0.15) is 10.6 Å². The van der Waals surface area contributed by atoms with Crippen LogP contribution in [0.2, 0.25) is 0 Å². The average molecular weight is 268 g/mol. The number of aromatic nitrogens is 1. The minimum absolute atomic E-state index is 0.0579.